The smallest absolute Gasteiger partial charge is 0.233 e. The molecule has 0 unspecified atom stereocenters. The van der Waals surface area contributed by atoms with E-state index < -0.39 is 0 Å². The maximum Gasteiger partial charge on any atom is 0.233 e. The molecule has 2 heteroatoms. The molecule has 0 saturated heterocycles. The van der Waals surface area contributed by atoms with E-state index >= 15 is 0 Å². The molecule has 0 N–H and O–H groups in total. The molecule has 1 heterocycles. The van der Waals surface area contributed by atoms with E-state index in [1.54, 1.807) is 0 Å². The predicted octanol–water partition coefficient (Wildman–Crippen LogP) is 7.32. The van der Waals surface area contributed by atoms with E-state index in [1.165, 1.54) is 22.3 Å². The summed E-state index contributed by atoms with van der Waals surface area (Å²) in [6.07, 6.45) is 1.84. The molecule has 0 aliphatic heterocycles. The van der Waals surface area contributed by atoms with Gasteiger partial charge in [-0.3, -0.25) is 9.15 Å². The first kappa shape index (κ1) is 18.4. The molecule has 0 radical (unpaired) electrons. The molecule has 0 aliphatic rings. The van der Waals surface area contributed by atoms with Crippen LogP contribution in [0, 0.1) is 0 Å². The summed E-state index contributed by atoms with van der Waals surface area (Å²) in [4.78, 5) is 0. The second kappa shape index (κ2) is 6.56. The van der Waals surface area contributed by atoms with E-state index in [4.69, 9.17) is 9.15 Å². The summed E-state index contributed by atoms with van der Waals surface area (Å²) in [7, 11) is 0. The molecular weight excluding hydrogens is 344 g/mol. The minimum absolute atomic E-state index is 0.214. The number of hydrogen-bond acceptors (Lipinski definition) is 2. The van der Waals surface area contributed by atoms with E-state index in [0.29, 0.717) is 0 Å². The fourth-order valence-electron chi connectivity index (χ4n) is 4.15. The molecular formula is C26H26O2. The van der Waals surface area contributed by atoms with Gasteiger partial charge in [0.05, 0.1) is 0 Å². The minimum atomic E-state index is -0.254. The van der Waals surface area contributed by atoms with Crippen LogP contribution in [0.1, 0.15) is 55.5 Å². The Labute approximate surface area is 166 Å². The normalized spacial score (nSPS) is 12.4. The van der Waals surface area contributed by atoms with Gasteiger partial charge in [-0.15, -0.1) is 0 Å². The topological polar surface area (TPSA) is 26.3 Å². The van der Waals surface area contributed by atoms with E-state index in [1.807, 2.05) is 12.1 Å². The molecule has 3 aromatic carbocycles. The lowest BCUT2D eigenvalue weighted by atomic mass is 9.67. The zero-order valence-corrected chi connectivity index (χ0v) is 17.0. The Balaban J connectivity index is 2.04. The largest absolute Gasteiger partial charge is 0.285 e. The summed E-state index contributed by atoms with van der Waals surface area (Å²) in [6, 6.07) is 23.4. The molecule has 142 valence electrons. The Bertz CT molecular complexity index is 1110. The van der Waals surface area contributed by atoms with Crippen LogP contribution in [0.5, 0.6) is 0 Å². The van der Waals surface area contributed by atoms with Crippen LogP contribution in [0.25, 0.3) is 17.2 Å². The summed E-state index contributed by atoms with van der Waals surface area (Å²) in [5.74, 6) is 0. The third kappa shape index (κ3) is 2.72. The van der Waals surface area contributed by atoms with Gasteiger partial charge >= 0.3 is 0 Å². The average Bonchev–Trinajstić information content (AvgIpc) is 2.69. The Hall–Kier alpha value is -3.00. The molecule has 4 rings (SSSR count). The van der Waals surface area contributed by atoms with Crippen molar-refractivity contribution in [3.05, 3.63) is 101 Å². The van der Waals surface area contributed by atoms with Crippen molar-refractivity contribution in [2.75, 3.05) is 0 Å². The van der Waals surface area contributed by atoms with Crippen LogP contribution in [0.3, 0.4) is 0 Å². The zero-order valence-electron chi connectivity index (χ0n) is 17.0. The van der Waals surface area contributed by atoms with Gasteiger partial charge in [-0.05, 0) is 22.8 Å². The van der Waals surface area contributed by atoms with Gasteiger partial charge in [0.15, 0.2) is 0 Å². The highest BCUT2D eigenvalue weighted by atomic mass is 17.0. The van der Waals surface area contributed by atoms with Crippen LogP contribution >= 0.6 is 0 Å². The van der Waals surface area contributed by atoms with Gasteiger partial charge in [-0.2, -0.15) is 0 Å². The first-order valence-corrected chi connectivity index (χ1v) is 9.67. The van der Waals surface area contributed by atoms with Gasteiger partial charge in [0.25, 0.3) is 0 Å². The van der Waals surface area contributed by atoms with Crippen molar-refractivity contribution < 1.29 is 9.15 Å². The highest BCUT2D eigenvalue weighted by molar-refractivity contribution is 5.87. The van der Waals surface area contributed by atoms with Crippen molar-refractivity contribution in [1.29, 1.82) is 0 Å². The SMILES string of the molecule is C=Cc1cc(C(C)(C)c2ccccc2)c(C(C)(C)c2ccccc2)c2ooc12. The summed E-state index contributed by atoms with van der Waals surface area (Å²) in [5.41, 5.74) is 6.99. The summed E-state index contributed by atoms with van der Waals surface area (Å²) in [6.45, 7) is 13.0. The predicted molar refractivity (Wildman–Crippen MR) is 116 cm³/mol. The van der Waals surface area contributed by atoms with Gasteiger partial charge in [0.2, 0.25) is 11.2 Å². The maximum atomic E-state index is 5.58. The molecule has 28 heavy (non-hydrogen) atoms. The van der Waals surface area contributed by atoms with Crippen molar-refractivity contribution in [2.24, 2.45) is 0 Å². The number of fused-ring (bicyclic) bond motifs is 1. The van der Waals surface area contributed by atoms with E-state index in [-0.39, 0.29) is 10.8 Å². The van der Waals surface area contributed by atoms with Gasteiger partial charge < -0.3 is 0 Å². The molecule has 0 spiro atoms. The van der Waals surface area contributed by atoms with Gasteiger partial charge in [0, 0.05) is 22.0 Å². The molecule has 0 bridgehead atoms. The average molecular weight is 370 g/mol. The standard InChI is InChI=1S/C26H26O2/c1-6-18-17-21(25(2,3)19-13-9-7-10-14-19)22(24-23(18)27-28-24)26(4,5)20-15-11-8-12-16-20/h6-17H,1H2,2-5H3. The Morgan fingerprint density at radius 2 is 1.21 bits per heavy atom. The fraction of sp³-hybridized carbons (Fsp3) is 0.231. The van der Waals surface area contributed by atoms with Crippen LogP contribution in [-0.4, -0.2) is 0 Å². The molecule has 1 aromatic heterocycles. The van der Waals surface area contributed by atoms with Crippen molar-refractivity contribution in [2.45, 2.75) is 38.5 Å². The Kier molecular flexibility index (Phi) is 4.30. The summed E-state index contributed by atoms with van der Waals surface area (Å²) < 4.78 is 11.0. The molecule has 0 fully saturated rings. The molecule has 2 nitrogen and oxygen atoms in total. The van der Waals surface area contributed by atoms with Gasteiger partial charge in [0.1, 0.15) is 0 Å². The summed E-state index contributed by atoms with van der Waals surface area (Å²) >= 11 is 0. The monoisotopic (exact) mass is 370 g/mol. The second-order valence-corrected chi connectivity index (χ2v) is 8.40. The second-order valence-electron chi connectivity index (χ2n) is 8.40. The third-order valence-corrected chi connectivity index (χ3v) is 5.98. The lowest BCUT2D eigenvalue weighted by Crippen LogP contribution is -2.29. The number of benzene rings is 3. The van der Waals surface area contributed by atoms with Crippen LogP contribution in [0.4, 0.5) is 0 Å². The number of hydrogen-bond donors (Lipinski definition) is 0. The zero-order chi connectivity index (χ0) is 19.9. The lowest BCUT2D eigenvalue weighted by Gasteiger charge is -2.36. The maximum absolute atomic E-state index is 5.58. The Morgan fingerprint density at radius 1 is 0.714 bits per heavy atom. The lowest BCUT2D eigenvalue weighted by molar-refractivity contribution is 0.0570. The quantitative estimate of drug-likeness (QED) is 0.344. The first-order valence-electron chi connectivity index (χ1n) is 9.67. The molecule has 0 atom stereocenters. The fourth-order valence-corrected chi connectivity index (χ4v) is 4.15. The van der Waals surface area contributed by atoms with E-state index in [9.17, 15) is 0 Å². The van der Waals surface area contributed by atoms with Crippen molar-refractivity contribution >= 4 is 17.2 Å². The highest BCUT2D eigenvalue weighted by Crippen LogP contribution is 2.46. The van der Waals surface area contributed by atoms with Crippen LogP contribution < -0.4 is 0 Å². The first-order chi connectivity index (χ1) is 13.4. The van der Waals surface area contributed by atoms with Crippen molar-refractivity contribution in [3.8, 4) is 0 Å². The summed E-state index contributed by atoms with van der Waals surface area (Å²) in [5, 5.41) is 0. The van der Waals surface area contributed by atoms with Crippen molar-refractivity contribution in [1.82, 2.24) is 0 Å². The molecule has 0 amide bonds. The number of rotatable bonds is 5. The third-order valence-electron chi connectivity index (χ3n) is 5.98. The van der Waals surface area contributed by atoms with Crippen LogP contribution in [0.15, 0.2) is 82.5 Å². The van der Waals surface area contributed by atoms with Gasteiger partial charge in [-0.25, -0.2) is 0 Å². The molecule has 4 aromatic rings. The molecule has 0 aliphatic carbocycles. The van der Waals surface area contributed by atoms with Crippen LogP contribution in [0.2, 0.25) is 0 Å². The van der Waals surface area contributed by atoms with E-state index in [2.05, 4.69) is 94.9 Å². The Morgan fingerprint density at radius 3 is 1.68 bits per heavy atom. The highest BCUT2D eigenvalue weighted by Gasteiger charge is 2.38. The molecule has 0 saturated carbocycles. The van der Waals surface area contributed by atoms with E-state index in [0.717, 1.165) is 16.7 Å². The van der Waals surface area contributed by atoms with Crippen molar-refractivity contribution in [3.63, 3.8) is 0 Å². The van der Waals surface area contributed by atoms with Crippen LogP contribution in [-0.2, 0) is 10.8 Å². The van der Waals surface area contributed by atoms with Gasteiger partial charge in [-0.1, -0.05) is 101 Å². The minimum Gasteiger partial charge on any atom is -0.285 e.